The Morgan fingerprint density at radius 1 is 1.17 bits per heavy atom. The summed E-state index contributed by atoms with van der Waals surface area (Å²) in [4.78, 5) is 0. The molecule has 0 radical (unpaired) electrons. The van der Waals surface area contributed by atoms with Gasteiger partial charge in [-0.15, -0.1) is 11.6 Å². The van der Waals surface area contributed by atoms with E-state index in [0.717, 1.165) is 11.8 Å². The van der Waals surface area contributed by atoms with Crippen LogP contribution in [0.25, 0.3) is 0 Å². The van der Waals surface area contributed by atoms with Gasteiger partial charge in [-0.05, 0) is 31.6 Å². The number of hydrogen-bond acceptors (Lipinski definition) is 0. The molecule has 0 aromatic rings. The molecular weight excluding hydrogens is 168 g/mol. The van der Waals surface area contributed by atoms with Gasteiger partial charge in [0.2, 0.25) is 0 Å². The summed E-state index contributed by atoms with van der Waals surface area (Å²) in [5, 5.41) is 0. The number of halogens is 1. The average Bonchev–Trinajstić information content (AvgIpc) is 2.57. The lowest BCUT2D eigenvalue weighted by Gasteiger charge is -2.05. The zero-order valence-corrected chi connectivity index (χ0v) is 8.52. The van der Waals surface area contributed by atoms with Crippen molar-refractivity contribution in [2.75, 3.05) is 5.88 Å². The van der Waals surface area contributed by atoms with Crippen LogP contribution in [0.5, 0.6) is 0 Å². The lowest BCUT2D eigenvalue weighted by atomic mass is 10.0. The van der Waals surface area contributed by atoms with Crippen molar-refractivity contribution >= 4 is 11.6 Å². The molecule has 1 aliphatic rings. The molecule has 1 aliphatic carbocycles. The van der Waals surface area contributed by atoms with Gasteiger partial charge in [0, 0.05) is 5.88 Å². The van der Waals surface area contributed by atoms with Crippen LogP contribution in [0.1, 0.15) is 44.9 Å². The Hall–Kier alpha value is 0.0300. The minimum Gasteiger partial charge on any atom is -0.127 e. The van der Waals surface area contributed by atoms with Crippen LogP contribution in [0.3, 0.4) is 0 Å². The molecule has 0 nitrogen and oxygen atoms in total. The molecular formula is C11H19Cl. The zero-order valence-electron chi connectivity index (χ0n) is 7.77. The molecule has 0 saturated heterocycles. The third-order valence-electron chi connectivity index (χ3n) is 2.57. The first kappa shape index (κ1) is 10.1. The van der Waals surface area contributed by atoms with Crippen molar-refractivity contribution in [3.8, 4) is 0 Å². The Bertz CT molecular complexity index is 129. The van der Waals surface area contributed by atoms with E-state index >= 15 is 0 Å². The van der Waals surface area contributed by atoms with Gasteiger partial charge in [-0.2, -0.15) is 0 Å². The lowest BCUT2D eigenvalue weighted by Crippen LogP contribution is -1.91. The van der Waals surface area contributed by atoms with Crippen LogP contribution < -0.4 is 0 Å². The summed E-state index contributed by atoms with van der Waals surface area (Å²) in [6.07, 6.45) is 14.1. The van der Waals surface area contributed by atoms with Crippen LogP contribution in [0.15, 0.2) is 12.2 Å². The Kier molecular flexibility index (Phi) is 5.51. The van der Waals surface area contributed by atoms with E-state index in [1.54, 1.807) is 0 Å². The van der Waals surface area contributed by atoms with E-state index in [2.05, 4.69) is 12.2 Å². The highest BCUT2D eigenvalue weighted by atomic mass is 35.5. The van der Waals surface area contributed by atoms with E-state index < -0.39 is 0 Å². The van der Waals surface area contributed by atoms with Gasteiger partial charge in [-0.1, -0.05) is 31.4 Å². The number of rotatable bonds is 6. The van der Waals surface area contributed by atoms with Crippen molar-refractivity contribution in [2.45, 2.75) is 44.9 Å². The van der Waals surface area contributed by atoms with Crippen molar-refractivity contribution < 1.29 is 0 Å². The number of alkyl halides is 1. The van der Waals surface area contributed by atoms with Crippen molar-refractivity contribution in [1.82, 2.24) is 0 Å². The molecule has 0 amide bonds. The lowest BCUT2D eigenvalue weighted by molar-refractivity contribution is 0.523. The van der Waals surface area contributed by atoms with Gasteiger partial charge in [0.1, 0.15) is 0 Å². The molecule has 1 atom stereocenters. The summed E-state index contributed by atoms with van der Waals surface area (Å²) >= 11 is 5.60. The summed E-state index contributed by atoms with van der Waals surface area (Å²) in [6.45, 7) is 0. The number of unbranched alkanes of at least 4 members (excludes halogenated alkanes) is 3. The van der Waals surface area contributed by atoms with Gasteiger partial charge in [-0.25, -0.2) is 0 Å². The predicted molar refractivity (Wildman–Crippen MR) is 55.7 cm³/mol. The van der Waals surface area contributed by atoms with Crippen molar-refractivity contribution in [2.24, 2.45) is 5.92 Å². The third-order valence-corrected chi connectivity index (χ3v) is 2.84. The van der Waals surface area contributed by atoms with E-state index in [0.29, 0.717) is 0 Å². The molecule has 0 aliphatic heterocycles. The first-order valence-corrected chi connectivity index (χ1v) is 5.69. The topological polar surface area (TPSA) is 0 Å². The van der Waals surface area contributed by atoms with E-state index in [9.17, 15) is 0 Å². The molecule has 1 rings (SSSR count). The second-order valence-corrected chi connectivity index (χ2v) is 4.04. The van der Waals surface area contributed by atoms with Gasteiger partial charge in [0.15, 0.2) is 0 Å². The van der Waals surface area contributed by atoms with Gasteiger partial charge in [-0.3, -0.25) is 0 Å². The first-order valence-electron chi connectivity index (χ1n) is 5.16. The molecule has 0 fully saturated rings. The maximum atomic E-state index is 5.60. The van der Waals surface area contributed by atoms with Crippen LogP contribution >= 0.6 is 11.6 Å². The molecule has 0 aromatic carbocycles. The highest BCUT2D eigenvalue weighted by molar-refractivity contribution is 6.17. The molecule has 0 bridgehead atoms. The van der Waals surface area contributed by atoms with Crippen LogP contribution in [-0.2, 0) is 0 Å². The van der Waals surface area contributed by atoms with Gasteiger partial charge in [0.05, 0.1) is 0 Å². The van der Waals surface area contributed by atoms with Gasteiger partial charge >= 0.3 is 0 Å². The fraction of sp³-hybridized carbons (Fsp3) is 0.818. The quantitative estimate of drug-likeness (QED) is 0.332. The molecule has 0 N–H and O–H groups in total. The van der Waals surface area contributed by atoms with E-state index in [1.165, 1.54) is 44.9 Å². The van der Waals surface area contributed by atoms with E-state index in [4.69, 9.17) is 11.6 Å². The maximum absolute atomic E-state index is 5.60. The highest BCUT2D eigenvalue weighted by Gasteiger charge is 2.07. The highest BCUT2D eigenvalue weighted by Crippen LogP contribution is 2.22. The number of allylic oxidation sites excluding steroid dienone is 2. The number of hydrogen-bond donors (Lipinski definition) is 0. The average molecular weight is 187 g/mol. The molecule has 70 valence electrons. The monoisotopic (exact) mass is 186 g/mol. The normalized spacial score (nSPS) is 21.9. The second kappa shape index (κ2) is 6.54. The first-order chi connectivity index (χ1) is 5.93. The molecule has 12 heavy (non-hydrogen) atoms. The Labute approximate surface area is 81.0 Å². The smallest absolute Gasteiger partial charge is 0.0223 e. The Morgan fingerprint density at radius 2 is 2.00 bits per heavy atom. The summed E-state index contributed by atoms with van der Waals surface area (Å²) in [5.41, 5.74) is 0. The SMILES string of the molecule is ClCCCCCCC1C=CCC1. The zero-order chi connectivity index (χ0) is 8.65. The standard InChI is InChI=1S/C11H19Cl/c12-10-6-2-1-3-7-11-8-4-5-9-11/h4,8,11H,1-3,5-7,9-10H2. The molecule has 0 saturated carbocycles. The van der Waals surface area contributed by atoms with Gasteiger partial charge < -0.3 is 0 Å². The molecule has 1 heteroatoms. The molecule has 0 spiro atoms. The van der Waals surface area contributed by atoms with Gasteiger partial charge in [0.25, 0.3) is 0 Å². The molecule has 0 aromatic heterocycles. The van der Waals surface area contributed by atoms with E-state index in [1.807, 2.05) is 0 Å². The second-order valence-electron chi connectivity index (χ2n) is 3.66. The maximum Gasteiger partial charge on any atom is 0.0223 e. The molecule has 1 unspecified atom stereocenters. The van der Waals surface area contributed by atoms with E-state index in [-0.39, 0.29) is 0 Å². The Balaban J connectivity index is 1.85. The van der Waals surface area contributed by atoms with Crippen molar-refractivity contribution in [3.05, 3.63) is 12.2 Å². The van der Waals surface area contributed by atoms with Crippen LogP contribution in [0, 0.1) is 5.92 Å². The fourth-order valence-electron chi connectivity index (χ4n) is 1.79. The van der Waals surface area contributed by atoms with Crippen LogP contribution in [0.4, 0.5) is 0 Å². The summed E-state index contributed by atoms with van der Waals surface area (Å²) in [5.74, 6) is 1.74. The third kappa shape index (κ3) is 4.15. The largest absolute Gasteiger partial charge is 0.127 e. The van der Waals surface area contributed by atoms with Crippen LogP contribution in [-0.4, -0.2) is 5.88 Å². The molecule has 0 heterocycles. The minimum atomic E-state index is 0.837. The Morgan fingerprint density at radius 3 is 2.67 bits per heavy atom. The predicted octanol–water partition coefficient (Wildman–Crippen LogP) is 4.14. The fourth-order valence-corrected chi connectivity index (χ4v) is 1.98. The summed E-state index contributed by atoms with van der Waals surface area (Å²) in [6, 6.07) is 0. The van der Waals surface area contributed by atoms with Crippen molar-refractivity contribution in [1.29, 1.82) is 0 Å². The summed E-state index contributed by atoms with van der Waals surface area (Å²) in [7, 11) is 0. The minimum absolute atomic E-state index is 0.837. The summed E-state index contributed by atoms with van der Waals surface area (Å²) < 4.78 is 0. The van der Waals surface area contributed by atoms with Crippen LogP contribution in [0.2, 0.25) is 0 Å². The van der Waals surface area contributed by atoms with Crippen molar-refractivity contribution in [3.63, 3.8) is 0 Å².